The predicted octanol–water partition coefficient (Wildman–Crippen LogP) is 2.88. The van der Waals surface area contributed by atoms with Crippen LogP contribution in [0.2, 0.25) is 0 Å². The molecule has 0 aliphatic carbocycles. The molecule has 1 fully saturated rings. The molecule has 24 heavy (non-hydrogen) atoms. The Morgan fingerprint density at radius 3 is 2.71 bits per heavy atom. The summed E-state index contributed by atoms with van der Waals surface area (Å²) < 4.78 is 44.6. The van der Waals surface area contributed by atoms with Crippen molar-refractivity contribution in [2.45, 2.75) is 12.6 Å². The third kappa shape index (κ3) is 2.56. The van der Waals surface area contributed by atoms with Gasteiger partial charge in [0, 0.05) is 13.1 Å². The summed E-state index contributed by atoms with van der Waals surface area (Å²) in [5.41, 5.74) is -2.92. The van der Waals surface area contributed by atoms with Gasteiger partial charge in [-0.05, 0) is 18.6 Å². The number of aliphatic carboxylic acids is 1. The van der Waals surface area contributed by atoms with Gasteiger partial charge in [-0.3, -0.25) is 9.59 Å². The van der Waals surface area contributed by atoms with Crippen molar-refractivity contribution in [1.29, 1.82) is 0 Å². The molecule has 1 atom stereocenters. The van der Waals surface area contributed by atoms with Crippen LogP contribution in [0.25, 0.3) is 10.8 Å². The fraction of sp³-hybridized carbons (Fsp3) is 0.357. The molecule has 0 bridgehead atoms. The maximum Gasteiger partial charge on any atom is 0.406 e. The summed E-state index contributed by atoms with van der Waals surface area (Å²) in [4.78, 5) is 28.6. The minimum absolute atomic E-state index is 0.129. The van der Waals surface area contributed by atoms with Crippen molar-refractivity contribution in [1.82, 2.24) is 9.88 Å². The number of carboxylic acid groups (broad SMARTS) is 1. The third-order valence-electron chi connectivity index (χ3n) is 3.96. The van der Waals surface area contributed by atoms with Crippen LogP contribution in [-0.2, 0) is 4.79 Å². The molecule has 3 heterocycles. The van der Waals surface area contributed by atoms with Crippen LogP contribution in [0.4, 0.5) is 13.2 Å². The molecule has 0 spiro atoms. The van der Waals surface area contributed by atoms with E-state index in [2.05, 4.69) is 4.98 Å². The van der Waals surface area contributed by atoms with E-state index in [9.17, 15) is 22.8 Å². The average Bonchev–Trinajstić information content (AvgIpc) is 3.24. The number of carbonyl (C=O) groups is 2. The first-order valence-corrected chi connectivity index (χ1v) is 7.65. The average molecular weight is 360 g/mol. The number of hydrogen-bond acceptors (Lipinski definition) is 5. The molecule has 2 aromatic heterocycles. The summed E-state index contributed by atoms with van der Waals surface area (Å²) in [6.45, 7) is -1.18. The lowest BCUT2D eigenvalue weighted by atomic mass is 9.86. The zero-order chi connectivity index (χ0) is 17.5. The lowest BCUT2D eigenvalue weighted by molar-refractivity contribution is -0.227. The number of amides is 1. The van der Waals surface area contributed by atoms with Gasteiger partial charge >= 0.3 is 12.1 Å². The van der Waals surface area contributed by atoms with Gasteiger partial charge in [0.25, 0.3) is 5.91 Å². The van der Waals surface area contributed by atoms with Gasteiger partial charge in [-0.15, -0.1) is 11.3 Å². The minimum atomic E-state index is -4.93. The molecule has 2 aromatic rings. The lowest BCUT2D eigenvalue weighted by Gasteiger charge is -2.27. The summed E-state index contributed by atoms with van der Waals surface area (Å²) in [7, 11) is 0. The van der Waals surface area contributed by atoms with Crippen molar-refractivity contribution < 1.29 is 32.3 Å². The number of halogens is 3. The third-order valence-corrected chi connectivity index (χ3v) is 4.96. The molecule has 1 saturated heterocycles. The Morgan fingerprint density at radius 2 is 2.17 bits per heavy atom. The molecule has 128 valence electrons. The fourth-order valence-corrected chi connectivity index (χ4v) is 3.41. The summed E-state index contributed by atoms with van der Waals surface area (Å²) in [5.74, 6) is -2.20. The molecular formula is C14H11F3N2O4S. The van der Waals surface area contributed by atoms with Crippen molar-refractivity contribution in [3.63, 3.8) is 0 Å². The van der Waals surface area contributed by atoms with Crippen LogP contribution in [0, 0.1) is 5.41 Å². The second-order valence-corrected chi connectivity index (χ2v) is 6.40. The summed E-state index contributed by atoms with van der Waals surface area (Å²) in [5, 5.41) is 9.44. The molecule has 1 amide bonds. The molecule has 10 heteroatoms. The van der Waals surface area contributed by atoms with Crippen LogP contribution in [0.15, 0.2) is 29.0 Å². The molecule has 0 saturated carbocycles. The fourth-order valence-electron chi connectivity index (χ4n) is 2.55. The Kier molecular flexibility index (Phi) is 3.86. The Hall–Kier alpha value is -2.36. The predicted molar refractivity (Wildman–Crippen MR) is 76.5 cm³/mol. The number of thiazole rings is 1. The molecule has 0 radical (unpaired) electrons. The van der Waals surface area contributed by atoms with Crippen molar-refractivity contribution in [3.05, 3.63) is 29.5 Å². The first-order chi connectivity index (χ1) is 11.2. The number of furan rings is 1. The molecule has 1 aliphatic rings. The highest BCUT2D eigenvalue weighted by Gasteiger charge is 2.64. The van der Waals surface area contributed by atoms with Crippen molar-refractivity contribution in [2.75, 3.05) is 13.1 Å². The number of likely N-dealkylation sites (tertiary alicyclic amines) is 1. The first-order valence-electron chi connectivity index (χ1n) is 6.84. The van der Waals surface area contributed by atoms with Gasteiger partial charge in [0.1, 0.15) is 4.88 Å². The standard InChI is InChI=1S/C14H11F3N2O4S/c15-14(16,17)13(12(21)22)3-4-19(7-13)11(20)9-6-18-10(24-9)8-2-1-5-23-8/h1-2,5-6H,3-4,7H2,(H,21,22). The number of alkyl halides is 3. The van der Waals surface area contributed by atoms with Gasteiger partial charge in [0.05, 0.1) is 12.5 Å². The van der Waals surface area contributed by atoms with E-state index in [0.717, 1.165) is 16.2 Å². The van der Waals surface area contributed by atoms with Crippen molar-refractivity contribution in [3.8, 4) is 10.8 Å². The number of hydrogen-bond donors (Lipinski definition) is 1. The topological polar surface area (TPSA) is 83.6 Å². The van der Waals surface area contributed by atoms with E-state index in [4.69, 9.17) is 9.52 Å². The van der Waals surface area contributed by atoms with E-state index >= 15 is 0 Å². The summed E-state index contributed by atoms with van der Waals surface area (Å²) >= 11 is 0.977. The Morgan fingerprint density at radius 1 is 1.42 bits per heavy atom. The highest BCUT2D eigenvalue weighted by atomic mass is 32.1. The van der Waals surface area contributed by atoms with Gasteiger partial charge in [0.2, 0.25) is 0 Å². The van der Waals surface area contributed by atoms with Crippen molar-refractivity contribution in [2.24, 2.45) is 5.41 Å². The summed E-state index contributed by atoms with van der Waals surface area (Å²) in [6.07, 6.45) is -2.91. The zero-order valence-electron chi connectivity index (χ0n) is 12.0. The van der Waals surface area contributed by atoms with Gasteiger partial charge in [-0.1, -0.05) is 0 Å². The molecule has 1 N–H and O–H groups in total. The zero-order valence-corrected chi connectivity index (χ0v) is 12.9. The van der Waals surface area contributed by atoms with Crippen LogP contribution >= 0.6 is 11.3 Å². The van der Waals surface area contributed by atoms with Gasteiger partial charge in [-0.25, -0.2) is 4.98 Å². The second-order valence-electron chi connectivity index (χ2n) is 5.37. The van der Waals surface area contributed by atoms with Crippen LogP contribution in [0.5, 0.6) is 0 Å². The maximum absolute atomic E-state index is 13.2. The Balaban J connectivity index is 1.81. The number of nitrogens with zero attached hydrogens (tertiary/aromatic N) is 2. The maximum atomic E-state index is 13.2. The number of rotatable bonds is 3. The number of carbonyl (C=O) groups excluding carboxylic acids is 1. The normalized spacial score (nSPS) is 21.2. The molecule has 1 unspecified atom stereocenters. The monoisotopic (exact) mass is 360 g/mol. The van der Waals surface area contributed by atoms with Crippen LogP contribution < -0.4 is 0 Å². The molecule has 6 nitrogen and oxygen atoms in total. The van der Waals surface area contributed by atoms with Gasteiger partial charge in [0.15, 0.2) is 16.2 Å². The SMILES string of the molecule is O=C(c1cnc(-c2ccco2)s1)N1CCC(C(=O)O)(C(F)(F)F)C1. The Bertz CT molecular complexity index is 771. The van der Waals surface area contributed by atoms with E-state index in [-0.39, 0.29) is 11.4 Å². The van der Waals surface area contributed by atoms with Crippen LogP contribution in [-0.4, -0.2) is 46.1 Å². The largest absolute Gasteiger partial charge is 0.481 e. The van der Waals surface area contributed by atoms with Gasteiger partial charge in [-0.2, -0.15) is 13.2 Å². The minimum Gasteiger partial charge on any atom is -0.481 e. The first kappa shape index (κ1) is 16.5. The number of carboxylic acids is 1. The molecular weight excluding hydrogens is 349 g/mol. The number of aromatic nitrogens is 1. The molecule has 3 rings (SSSR count). The smallest absolute Gasteiger partial charge is 0.406 e. The highest BCUT2D eigenvalue weighted by Crippen LogP contribution is 2.46. The second kappa shape index (κ2) is 5.62. The van der Waals surface area contributed by atoms with Gasteiger partial charge < -0.3 is 14.4 Å². The van der Waals surface area contributed by atoms with E-state index in [1.807, 2.05) is 0 Å². The van der Waals surface area contributed by atoms with E-state index in [0.29, 0.717) is 10.8 Å². The van der Waals surface area contributed by atoms with Crippen molar-refractivity contribution >= 4 is 23.2 Å². The molecule has 0 aromatic carbocycles. The lowest BCUT2D eigenvalue weighted by Crippen LogP contribution is -2.47. The van der Waals surface area contributed by atoms with Crippen LogP contribution in [0.3, 0.4) is 0 Å². The van der Waals surface area contributed by atoms with E-state index in [1.54, 1.807) is 12.1 Å². The molecule has 1 aliphatic heterocycles. The quantitative estimate of drug-likeness (QED) is 0.910. The highest BCUT2D eigenvalue weighted by molar-refractivity contribution is 7.16. The Labute approximate surface area is 137 Å². The van der Waals surface area contributed by atoms with E-state index in [1.165, 1.54) is 12.5 Å². The van der Waals surface area contributed by atoms with Crippen LogP contribution in [0.1, 0.15) is 16.1 Å². The summed E-state index contributed by atoms with van der Waals surface area (Å²) in [6, 6.07) is 3.28. The van der Waals surface area contributed by atoms with E-state index < -0.39 is 36.4 Å².